The highest BCUT2D eigenvalue weighted by molar-refractivity contribution is 7.90. The van der Waals surface area contributed by atoms with E-state index >= 15 is 0 Å². The number of halogens is 10. The number of nitriles is 1. The molecule has 1 amide bonds. The van der Waals surface area contributed by atoms with Gasteiger partial charge in [-0.1, -0.05) is 24.3 Å². The van der Waals surface area contributed by atoms with Crippen LogP contribution >= 0.6 is 0 Å². The van der Waals surface area contributed by atoms with Gasteiger partial charge in [0.05, 0.1) is 23.1 Å². The predicted molar refractivity (Wildman–Crippen MR) is 122 cm³/mol. The second kappa shape index (κ2) is 11.1. The van der Waals surface area contributed by atoms with Crippen molar-refractivity contribution in [3.8, 4) is 6.07 Å². The predicted octanol–water partition coefficient (Wildman–Crippen LogP) is 4.97. The lowest BCUT2D eigenvalue weighted by molar-refractivity contribution is -0.295. The molecule has 2 atom stereocenters. The lowest BCUT2D eigenvalue weighted by Gasteiger charge is -2.33. The number of sulfone groups is 1. The van der Waals surface area contributed by atoms with E-state index in [0.717, 1.165) is 18.2 Å². The van der Waals surface area contributed by atoms with Crippen molar-refractivity contribution in [1.82, 2.24) is 10.6 Å². The quantitative estimate of drug-likeness (QED) is 0.366. The Hall–Kier alpha value is -3.39. The van der Waals surface area contributed by atoms with E-state index in [-0.39, 0.29) is 25.0 Å². The van der Waals surface area contributed by atoms with Crippen molar-refractivity contribution >= 4 is 15.7 Å². The first-order valence-corrected chi connectivity index (χ1v) is 13.3. The summed E-state index contributed by atoms with van der Waals surface area (Å²) in [4.78, 5) is 12.9. The highest BCUT2D eigenvalue weighted by Gasteiger charge is 2.64. The van der Waals surface area contributed by atoms with Gasteiger partial charge < -0.3 is 5.32 Å². The molecule has 41 heavy (non-hydrogen) atoms. The van der Waals surface area contributed by atoms with Crippen molar-refractivity contribution in [3.05, 3.63) is 70.8 Å². The van der Waals surface area contributed by atoms with Gasteiger partial charge in [0.1, 0.15) is 29.3 Å². The molecule has 224 valence electrons. The monoisotopic (exact) mass is 619 g/mol. The first-order valence-electron chi connectivity index (χ1n) is 11.5. The second-order valence-electron chi connectivity index (χ2n) is 9.33. The van der Waals surface area contributed by atoms with Crippen LogP contribution in [0.2, 0.25) is 0 Å². The van der Waals surface area contributed by atoms with Crippen LogP contribution in [0.3, 0.4) is 0 Å². The number of rotatable bonds is 10. The smallest absolute Gasteiger partial charge is 0.336 e. The molecule has 1 aliphatic rings. The molecule has 0 spiro atoms. The van der Waals surface area contributed by atoms with Crippen LogP contribution in [0.1, 0.15) is 35.6 Å². The van der Waals surface area contributed by atoms with E-state index in [2.05, 4.69) is 0 Å². The molecule has 2 N–H and O–H groups in total. The zero-order valence-electron chi connectivity index (χ0n) is 20.4. The molecule has 1 aliphatic carbocycles. The average Bonchev–Trinajstić information content (AvgIpc) is 3.60. The van der Waals surface area contributed by atoms with E-state index in [1.165, 1.54) is 5.32 Å². The van der Waals surface area contributed by atoms with Crippen molar-refractivity contribution in [2.45, 2.75) is 54.5 Å². The van der Waals surface area contributed by atoms with Gasteiger partial charge in [-0.3, -0.25) is 10.1 Å². The molecule has 3 rings (SSSR count). The van der Waals surface area contributed by atoms with Crippen LogP contribution in [-0.4, -0.2) is 43.8 Å². The van der Waals surface area contributed by atoms with Gasteiger partial charge in [0.15, 0.2) is 9.84 Å². The summed E-state index contributed by atoms with van der Waals surface area (Å²) in [6, 6.07) is -0.523. The number of carbonyl (C=O) groups is 1. The Morgan fingerprint density at radius 3 is 2.12 bits per heavy atom. The Morgan fingerprint density at radius 1 is 1.00 bits per heavy atom. The van der Waals surface area contributed by atoms with Gasteiger partial charge in [-0.15, -0.1) is 0 Å². The molecule has 0 saturated heterocycles. The molecular formula is C24H19F10N3O3S. The first kappa shape index (κ1) is 32.1. The molecule has 2 aromatic rings. The molecule has 1 unspecified atom stereocenters. The van der Waals surface area contributed by atoms with Crippen LogP contribution in [0.5, 0.6) is 0 Å². The normalized spacial score (nSPS) is 16.9. The van der Waals surface area contributed by atoms with Crippen LogP contribution in [0.25, 0.3) is 0 Å². The molecule has 0 heterocycles. The molecule has 0 bridgehead atoms. The number of carbonyl (C=O) groups excluding carboxylic acids is 1. The summed E-state index contributed by atoms with van der Waals surface area (Å²) in [6.07, 6.45) is -11.4. The Kier molecular flexibility index (Phi) is 8.71. The van der Waals surface area contributed by atoms with Crippen LogP contribution in [0, 0.1) is 23.0 Å². The van der Waals surface area contributed by atoms with Gasteiger partial charge in [-0.05, 0) is 30.5 Å². The molecular weight excluding hydrogens is 600 g/mol. The number of hydrogen-bond donors (Lipinski definition) is 2. The van der Waals surface area contributed by atoms with Crippen molar-refractivity contribution < 1.29 is 57.1 Å². The standard InChI is InChI=1S/C24H19F10N3O3S/c25-14-5-6-15(17(26)9-14)19(22(27,28)24(32,33)34)36-18(20(38)37-21(12-35)7-8-21)11-41(39,40)10-13-3-1-2-4-16(13)23(29,30)31/h1-6,9,18-19,36H,7-8,10-11H2,(H,37,38)/t18-,19?/m0/s1. The number of benzene rings is 2. The summed E-state index contributed by atoms with van der Waals surface area (Å²) in [5.41, 5.74) is -5.27. The van der Waals surface area contributed by atoms with Crippen molar-refractivity contribution in [2.75, 3.05) is 5.75 Å². The Labute approximate surface area is 226 Å². The summed E-state index contributed by atoms with van der Waals surface area (Å²) in [6.45, 7) is 0. The van der Waals surface area contributed by atoms with E-state index in [4.69, 9.17) is 0 Å². The summed E-state index contributed by atoms with van der Waals surface area (Å²) < 4.78 is 163. The maximum absolute atomic E-state index is 14.7. The fraction of sp³-hybridized carbons (Fsp3) is 0.417. The number of nitrogens with one attached hydrogen (secondary N) is 2. The van der Waals surface area contributed by atoms with E-state index < -0.39 is 91.5 Å². The summed E-state index contributed by atoms with van der Waals surface area (Å²) >= 11 is 0. The summed E-state index contributed by atoms with van der Waals surface area (Å²) in [7, 11) is -4.92. The highest BCUT2D eigenvalue weighted by atomic mass is 32.2. The lowest BCUT2D eigenvalue weighted by Crippen LogP contribution is -2.57. The first-order chi connectivity index (χ1) is 18.7. The minimum absolute atomic E-state index is 0.0163. The topological polar surface area (TPSA) is 99.1 Å². The fourth-order valence-electron chi connectivity index (χ4n) is 3.87. The maximum Gasteiger partial charge on any atom is 0.455 e. The zero-order valence-corrected chi connectivity index (χ0v) is 21.2. The van der Waals surface area contributed by atoms with Gasteiger partial charge in [-0.2, -0.15) is 40.4 Å². The summed E-state index contributed by atoms with van der Waals surface area (Å²) in [5, 5.41) is 12.7. The molecule has 17 heteroatoms. The minimum Gasteiger partial charge on any atom is -0.336 e. The van der Waals surface area contributed by atoms with Gasteiger partial charge in [0.25, 0.3) is 0 Å². The van der Waals surface area contributed by atoms with Crippen LogP contribution in [-0.2, 0) is 26.6 Å². The Morgan fingerprint density at radius 2 is 1.61 bits per heavy atom. The molecule has 0 aromatic heterocycles. The molecule has 2 aromatic carbocycles. The minimum atomic E-state index is -6.40. The number of amides is 1. The number of hydrogen-bond acceptors (Lipinski definition) is 5. The van der Waals surface area contributed by atoms with Crippen LogP contribution < -0.4 is 10.6 Å². The van der Waals surface area contributed by atoms with Gasteiger partial charge >= 0.3 is 18.3 Å². The van der Waals surface area contributed by atoms with Crippen molar-refractivity contribution in [3.63, 3.8) is 0 Å². The SMILES string of the molecule is N#CC1(NC(=O)[C@H](CS(=O)(=O)Cc2ccccc2C(F)(F)F)NC(c2ccc(F)cc2F)C(F)(F)C(F)(F)F)CC1. The molecule has 1 fully saturated rings. The molecule has 0 aliphatic heterocycles. The highest BCUT2D eigenvalue weighted by Crippen LogP contribution is 2.45. The fourth-order valence-corrected chi connectivity index (χ4v) is 5.47. The number of nitrogens with zero attached hydrogens (tertiary/aromatic N) is 1. The maximum atomic E-state index is 14.7. The van der Waals surface area contributed by atoms with Gasteiger partial charge in [0, 0.05) is 11.6 Å². The number of alkyl halides is 8. The third kappa shape index (κ3) is 7.47. The average molecular weight is 619 g/mol. The Balaban J connectivity index is 2.06. The van der Waals surface area contributed by atoms with Crippen LogP contribution in [0.4, 0.5) is 43.9 Å². The van der Waals surface area contributed by atoms with Crippen molar-refractivity contribution in [2.24, 2.45) is 0 Å². The van der Waals surface area contributed by atoms with E-state index in [9.17, 15) is 62.4 Å². The lowest BCUT2D eigenvalue weighted by atomic mass is 9.98. The van der Waals surface area contributed by atoms with E-state index in [0.29, 0.717) is 12.1 Å². The van der Waals surface area contributed by atoms with E-state index in [1.54, 1.807) is 6.07 Å². The van der Waals surface area contributed by atoms with Crippen molar-refractivity contribution in [1.29, 1.82) is 5.26 Å². The molecule has 0 radical (unpaired) electrons. The molecule has 1 saturated carbocycles. The van der Waals surface area contributed by atoms with Crippen LogP contribution in [0.15, 0.2) is 42.5 Å². The van der Waals surface area contributed by atoms with E-state index in [1.807, 2.05) is 5.32 Å². The molecule has 6 nitrogen and oxygen atoms in total. The van der Waals surface area contributed by atoms with Gasteiger partial charge in [0.2, 0.25) is 5.91 Å². The third-order valence-corrected chi connectivity index (χ3v) is 7.74. The Bertz CT molecular complexity index is 1450. The second-order valence-corrected chi connectivity index (χ2v) is 11.4. The zero-order chi connectivity index (χ0) is 31.0. The largest absolute Gasteiger partial charge is 0.455 e. The third-order valence-electron chi connectivity index (χ3n) is 6.14. The van der Waals surface area contributed by atoms with Gasteiger partial charge in [-0.25, -0.2) is 17.2 Å². The summed E-state index contributed by atoms with van der Waals surface area (Å²) in [5.74, 6) is -13.8.